The van der Waals surface area contributed by atoms with Gasteiger partial charge < -0.3 is 29.2 Å². The molecular formula is C25H26N2O7. The van der Waals surface area contributed by atoms with Crippen molar-refractivity contribution in [2.24, 2.45) is 11.8 Å². The summed E-state index contributed by atoms with van der Waals surface area (Å²) >= 11 is 0. The molecule has 2 aromatic rings. The minimum absolute atomic E-state index is 0.154. The lowest BCUT2D eigenvalue weighted by molar-refractivity contribution is -0.155. The van der Waals surface area contributed by atoms with Crippen LogP contribution in [0, 0.1) is 11.8 Å². The Morgan fingerprint density at radius 3 is 2.56 bits per heavy atom. The van der Waals surface area contributed by atoms with Crippen molar-refractivity contribution in [1.29, 1.82) is 0 Å². The summed E-state index contributed by atoms with van der Waals surface area (Å²) in [5.74, 6) is -1.16. The molecule has 3 aliphatic heterocycles. The molecule has 2 aromatic carbocycles. The molecular weight excluding hydrogens is 440 g/mol. The number of nitrogens with one attached hydrogen (secondary N) is 1. The summed E-state index contributed by atoms with van der Waals surface area (Å²) in [5, 5.41) is 2.87. The van der Waals surface area contributed by atoms with Crippen LogP contribution in [-0.4, -0.2) is 55.7 Å². The third-order valence-electron chi connectivity index (χ3n) is 7.11. The number of hydrogen-bond acceptors (Lipinski definition) is 7. The Balaban J connectivity index is 1.75. The van der Waals surface area contributed by atoms with Crippen LogP contribution >= 0.6 is 0 Å². The standard InChI is InChI=1S/C25H26N2O7/c1-5-33-23(29)20-17-12-34-19-9-7-14(32-4)11-16(19)21(17)27-22(28)15-10-13(31-3)6-8-18(15)26-24(30)25(20,27)2/h6-11,17,20-21H,5,12H2,1-4H3,(H,26,30)/t17?,20?,21?,25-/m1/s1. The number of ether oxygens (including phenoxy) is 4. The average Bonchev–Trinajstić information content (AvgIpc) is 3.09. The Bertz CT molecular complexity index is 1200. The fourth-order valence-corrected chi connectivity index (χ4v) is 5.53. The van der Waals surface area contributed by atoms with E-state index in [4.69, 9.17) is 18.9 Å². The molecule has 2 amide bonds. The van der Waals surface area contributed by atoms with Gasteiger partial charge in [0.05, 0.1) is 50.6 Å². The largest absolute Gasteiger partial charge is 0.497 e. The predicted molar refractivity (Wildman–Crippen MR) is 121 cm³/mol. The first-order chi connectivity index (χ1) is 16.3. The number of rotatable bonds is 4. The number of fused-ring (bicyclic) bond motifs is 6. The maximum atomic E-state index is 14.1. The zero-order valence-corrected chi connectivity index (χ0v) is 19.4. The summed E-state index contributed by atoms with van der Waals surface area (Å²) in [6.45, 7) is 3.65. The number of methoxy groups -OCH3 is 2. The first-order valence-electron chi connectivity index (χ1n) is 11.2. The molecule has 4 atom stereocenters. The molecule has 1 fully saturated rings. The Morgan fingerprint density at radius 2 is 1.85 bits per heavy atom. The van der Waals surface area contributed by atoms with Crippen molar-refractivity contribution < 1.29 is 33.3 Å². The van der Waals surface area contributed by atoms with Crippen LogP contribution in [0.2, 0.25) is 0 Å². The number of carbonyl (C=O) groups excluding carboxylic acids is 3. The van der Waals surface area contributed by atoms with Gasteiger partial charge in [0.25, 0.3) is 11.8 Å². The molecule has 0 spiro atoms. The van der Waals surface area contributed by atoms with Crippen LogP contribution in [0.25, 0.3) is 0 Å². The molecule has 3 unspecified atom stereocenters. The lowest BCUT2D eigenvalue weighted by atomic mass is 9.77. The fraction of sp³-hybridized carbons (Fsp3) is 0.400. The molecule has 178 valence electrons. The molecule has 0 radical (unpaired) electrons. The smallest absolute Gasteiger partial charge is 0.312 e. The van der Waals surface area contributed by atoms with Crippen molar-refractivity contribution in [2.75, 3.05) is 32.8 Å². The van der Waals surface area contributed by atoms with E-state index in [0.29, 0.717) is 28.5 Å². The van der Waals surface area contributed by atoms with E-state index in [2.05, 4.69) is 5.32 Å². The van der Waals surface area contributed by atoms with E-state index >= 15 is 0 Å². The van der Waals surface area contributed by atoms with E-state index in [1.807, 2.05) is 0 Å². The highest BCUT2D eigenvalue weighted by atomic mass is 16.5. The summed E-state index contributed by atoms with van der Waals surface area (Å²) in [6, 6.07) is 9.64. The zero-order valence-electron chi connectivity index (χ0n) is 19.4. The molecule has 0 aromatic heterocycles. The van der Waals surface area contributed by atoms with Crippen molar-refractivity contribution in [3.05, 3.63) is 47.5 Å². The van der Waals surface area contributed by atoms with Gasteiger partial charge in [-0.15, -0.1) is 0 Å². The van der Waals surface area contributed by atoms with Crippen molar-refractivity contribution in [1.82, 2.24) is 4.90 Å². The van der Waals surface area contributed by atoms with Crippen molar-refractivity contribution in [3.8, 4) is 17.2 Å². The molecule has 0 saturated carbocycles. The SMILES string of the molecule is CCOC(=O)C1C2COc3ccc(OC)cc3C2N2C(=O)c3cc(OC)ccc3NC(=O)[C@@]12C. The van der Waals surface area contributed by atoms with Crippen LogP contribution in [0.1, 0.15) is 35.8 Å². The van der Waals surface area contributed by atoms with Crippen molar-refractivity contribution >= 4 is 23.5 Å². The third-order valence-corrected chi connectivity index (χ3v) is 7.11. The Morgan fingerprint density at radius 1 is 1.15 bits per heavy atom. The first-order valence-corrected chi connectivity index (χ1v) is 11.2. The van der Waals surface area contributed by atoms with E-state index in [-0.39, 0.29) is 24.7 Å². The number of carbonyl (C=O) groups is 3. The highest BCUT2D eigenvalue weighted by Gasteiger charge is 2.67. The van der Waals surface area contributed by atoms with E-state index in [1.54, 1.807) is 57.4 Å². The second-order valence-electron chi connectivity index (χ2n) is 8.74. The molecule has 1 N–H and O–H groups in total. The number of anilines is 1. The number of amides is 2. The second kappa shape index (κ2) is 7.93. The summed E-state index contributed by atoms with van der Waals surface area (Å²) in [4.78, 5) is 42.7. The van der Waals surface area contributed by atoms with Gasteiger partial charge in [-0.25, -0.2) is 0 Å². The molecule has 0 aliphatic carbocycles. The van der Waals surface area contributed by atoms with Crippen LogP contribution in [-0.2, 0) is 14.3 Å². The molecule has 0 bridgehead atoms. The number of benzene rings is 2. The summed E-state index contributed by atoms with van der Waals surface area (Å²) in [7, 11) is 3.06. The fourth-order valence-electron chi connectivity index (χ4n) is 5.53. The van der Waals surface area contributed by atoms with E-state index in [0.717, 1.165) is 0 Å². The van der Waals surface area contributed by atoms with Gasteiger partial charge >= 0.3 is 5.97 Å². The van der Waals surface area contributed by atoms with Gasteiger partial charge in [0.1, 0.15) is 22.8 Å². The molecule has 9 heteroatoms. The lowest BCUT2D eigenvalue weighted by Crippen LogP contribution is -2.57. The first kappa shape index (κ1) is 22.1. The van der Waals surface area contributed by atoms with Crippen molar-refractivity contribution in [2.45, 2.75) is 25.4 Å². The number of esters is 1. The monoisotopic (exact) mass is 466 g/mol. The Kier molecular flexibility index (Phi) is 5.15. The maximum Gasteiger partial charge on any atom is 0.312 e. The maximum absolute atomic E-state index is 14.1. The lowest BCUT2D eigenvalue weighted by Gasteiger charge is -2.38. The third kappa shape index (κ3) is 2.96. The van der Waals surface area contributed by atoms with Crippen LogP contribution in [0.3, 0.4) is 0 Å². The molecule has 5 rings (SSSR count). The van der Waals surface area contributed by atoms with Gasteiger partial charge in [-0.2, -0.15) is 0 Å². The van der Waals surface area contributed by atoms with Crippen LogP contribution in [0.5, 0.6) is 17.2 Å². The highest BCUT2D eigenvalue weighted by molar-refractivity contribution is 6.13. The van der Waals surface area contributed by atoms with Gasteiger partial charge in [0.15, 0.2) is 0 Å². The van der Waals surface area contributed by atoms with Crippen LogP contribution < -0.4 is 19.5 Å². The van der Waals surface area contributed by atoms with Gasteiger partial charge in [-0.3, -0.25) is 14.4 Å². The number of nitrogens with zero attached hydrogens (tertiary/aromatic N) is 1. The number of hydrogen-bond donors (Lipinski definition) is 1. The molecule has 3 aliphatic rings. The van der Waals surface area contributed by atoms with E-state index in [9.17, 15) is 14.4 Å². The summed E-state index contributed by atoms with van der Waals surface area (Å²) in [6.07, 6.45) is 0. The van der Waals surface area contributed by atoms with Gasteiger partial charge in [0.2, 0.25) is 0 Å². The van der Waals surface area contributed by atoms with Crippen LogP contribution in [0.15, 0.2) is 36.4 Å². The highest BCUT2D eigenvalue weighted by Crippen LogP contribution is 2.57. The van der Waals surface area contributed by atoms with Gasteiger partial charge in [0, 0.05) is 11.5 Å². The Hall–Kier alpha value is -3.75. The molecule has 34 heavy (non-hydrogen) atoms. The Labute approximate surface area is 196 Å². The van der Waals surface area contributed by atoms with Crippen molar-refractivity contribution in [3.63, 3.8) is 0 Å². The quantitative estimate of drug-likeness (QED) is 0.691. The predicted octanol–water partition coefficient (Wildman–Crippen LogP) is 2.80. The molecule has 9 nitrogen and oxygen atoms in total. The average molecular weight is 466 g/mol. The normalized spacial score (nSPS) is 26.7. The van der Waals surface area contributed by atoms with Crippen LogP contribution in [0.4, 0.5) is 5.69 Å². The van der Waals surface area contributed by atoms with Gasteiger partial charge in [-0.05, 0) is 50.2 Å². The van der Waals surface area contributed by atoms with Gasteiger partial charge in [-0.1, -0.05) is 0 Å². The molecule has 3 heterocycles. The van der Waals surface area contributed by atoms with E-state index < -0.39 is 35.3 Å². The van der Waals surface area contributed by atoms with E-state index in [1.165, 1.54) is 12.0 Å². The minimum atomic E-state index is -1.51. The minimum Gasteiger partial charge on any atom is -0.497 e. The topological polar surface area (TPSA) is 103 Å². The summed E-state index contributed by atoms with van der Waals surface area (Å²) in [5.41, 5.74) is -0.181. The zero-order chi connectivity index (χ0) is 24.2. The molecule has 1 saturated heterocycles. The summed E-state index contributed by atoms with van der Waals surface area (Å²) < 4.78 is 22.1. The second-order valence-corrected chi connectivity index (χ2v) is 8.74.